The van der Waals surface area contributed by atoms with Crippen LogP contribution < -0.4 is 10.2 Å². The Labute approximate surface area is 143 Å². The molecule has 1 saturated heterocycles. The highest BCUT2D eigenvalue weighted by Gasteiger charge is 2.22. The van der Waals surface area contributed by atoms with Gasteiger partial charge in [-0.25, -0.2) is 0 Å². The molecule has 0 spiro atoms. The quantitative estimate of drug-likeness (QED) is 0.929. The van der Waals surface area contributed by atoms with Crippen LogP contribution in [0.3, 0.4) is 0 Å². The number of hydrogen-bond acceptors (Lipinski definition) is 3. The highest BCUT2D eigenvalue weighted by Crippen LogP contribution is 2.23. The molecule has 1 heterocycles. The first-order valence-corrected chi connectivity index (χ1v) is 9.26. The molecule has 0 unspecified atom stereocenters. The van der Waals surface area contributed by atoms with Crippen molar-refractivity contribution < 1.29 is 13.8 Å². The Hall–Kier alpha value is -2.47. The van der Waals surface area contributed by atoms with Crippen LogP contribution in [0.25, 0.3) is 0 Å². The van der Waals surface area contributed by atoms with E-state index in [0.29, 0.717) is 29.1 Å². The van der Waals surface area contributed by atoms with Crippen molar-refractivity contribution in [3.8, 4) is 0 Å². The highest BCUT2D eigenvalue weighted by atomic mass is 32.2. The smallest absolute Gasteiger partial charge is 0.255 e. The number of anilines is 2. The van der Waals surface area contributed by atoms with Crippen LogP contribution in [0.5, 0.6) is 0 Å². The molecule has 1 aliphatic heterocycles. The van der Waals surface area contributed by atoms with Crippen LogP contribution in [0.4, 0.5) is 11.4 Å². The predicted octanol–water partition coefficient (Wildman–Crippen LogP) is 2.80. The normalized spacial score (nSPS) is 15.4. The molecule has 1 atom stereocenters. The third-order valence-electron chi connectivity index (χ3n) is 3.94. The summed E-state index contributed by atoms with van der Waals surface area (Å²) < 4.78 is 11.4. The lowest BCUT2D eigenvalue weighted by Gasteiger charge is -2.16. The van der Waals surface area contributed by atoms with E-state index in [1.165, 1.54) is 0 Å². The first kappa shape index (κ1) is 16.4. The second-order valence-corrected chi connectivity index (χ2v) is 7.01. The summed E-state index contributed by atoms with van der Waals surface area (Å²) in [6, 6.07) is 14.0. The van der Waals surface area contributed by atoms with Crippen LogP contribution in [0, 0.1) is 0 Å². The minimum atomic E-state index is -1.04. The number of nitrogens with zero attached hydrogens (tertiary/aromatic N) is 1. The molecule has 3 rings (SSSR count). The second kappa shape index (κ2) is 6.97. The van der Waals surface area contributed by atoms with E-state index in [0.717, 1.165) is 12.1 Å². The van der Waals surface area contributed by atoms with Crippen molar-refractivity contribution in [1.82, 2.24) is 0 Å². The Balaban J connectivity index is 1.75. The summed E-state index contributed by atoms with van der Waals surface area (Å²) >= 11 is 0. The fraction of sp³-hybridized carbons (Fsp3) is 0.222. The number of carbonyl (C=O) groups excluding carboxylic acids is 2. The Kier molecular flexibility index (Phi) is 4.76. The highest BCUT2D eigenvalue weighted by molar-refractivity contribution is 7.84. The van der Waals surface area contributed by atoms with E-state index in [-0.39, 0.29) is 11.8 Å². The topological polar surface area (TPSA) is 66.5 Å². The maximum atomic E-state index is 12.4. The van der Waals surface area contributed by atoms with Crippen molar-refractivity contribution in [2.75, 3.05) is 23.0 Å². The third kappa shape index (κ3) is 3.54. The molecular formula is C18H18N2O3S. The van der Waals surface area contributed by atoms with Gasteiger partial charge in [0.2, 0.25) is 5.91 Å². The van der Waals surface area contributed by atoms with E-state index >= 15 is 0 Å². The zero-order valence-electron chi connectivity index (χ0n) is 13.3. The lowest BCUT2D eigenvalue weighted by Crippen LogP contribution is -2.24. The molecule has 0 saturated carbocycles. The van der Waals surface area contributed by atoms with Gasteiger partial charge in [0.1, 0.15) is 0 Å². The standard InChI is InChI=1S/C18H18N2O3S/c1-24(23)16-9-7-14(8-10-16)19-18(22)13-4-2-5-15(12-13)20-11-3-6-17(20)21/h2,4-5,7-10,12H,3,6,11H2,1H3,(H,19,22)/t24-/m0/s1. The molecule has 0 bridgehead atoms. The van der Waals surface area contributed by atoms with Gasteiger partial charge in [0, 0.05) is 51.9 Å². The van der Waals surface area contributed by atoms with Gasteiger partial charge < -0.3 is 10.2 Å². The molecule has 1 N–H and O–H groups in total. The minimum Gasteiger partial charge on any atom is -0.322 e. The van der Waals surface area contributed by atoms with Gasteiger partial charge in [-0.3, -0.25) is 13.8 Å². The SMILES string of the molecule is C[S@](=O)c1ccc(NC(=O)c2cccc(N3CCCC3=O)c2)cc1. The molecule has 1 fully saturated rings. The summed E-state index contributed by atoms with van der Waals surface area (Å²) in [5.74, 6) is -0.149. The zero-order valence-corrected chi connectivity index (χ0v) is 14.1. The lowest BCUT2D eigenvalue weighted by molar-refractivity contribution is -0.117. The molecule has 5 nitrogen and oxygen atoms in total. The summed E-state index contributed by atoms with van der Waals surface area (Å²) in [7, 11) is -1.04. The van der Waals surface area contributed by atoms with Crippen molar-refractivity contribution in [3.05, 3.63) is 54.1 Å². The summed E-state index contributed by atoms with van der Waals surface area (Å²) in [6.45, 7) is 0.694. The van der Waals surface area contributed by atoms with Gasteiger partial charge >= 0.3 is 0 Å². The van der Waals surface area contributed by atoms with Gasteiger partial charge in [-0.2, -0.15) is 0 Å². The zero-order chi connectivity index (χ0) is 17.1. The first-order valence-electron chi connectivity index (χ1n) is 7.70. The Morgan fingerprint density at radius 3 is 2.54 bits per heavy atom. The fourth-order valence-electron chi connectivity index (χ4n) is 2.67. The number of hydrogen-bond donors (Lipinski definition) is 1. The Bertz CT molecular complexity index is 802. The average Bonchev–Trinajstić information content (AvgIpc) is 3.01. The summed E-state index contributed by atoms with van der Waals surface area (Å²) in [5.41, 5.74) is 1.88. The molecule has 6 heteroatoms. The average molecular weight is 342 g/mol. The summed E-state index contributed by atoms with van der Waals surface area (Å²) in [6.07, 6.45) is 3.01. The number of carbonyl (C=O) groups is 2. The molecule has 1 aliphatic rings. The van der Waals surface area contributed by atoms with E-state index in [1.54, 1.807) is 53.6 Å². The van der Waals surface area contributed by atoms with Crippen LogP contribution in [-0.4, -0.2) is 28.8 Å². The number of nitrogens with one attached hydrogen (secondary N) is 1. The molecule has 24 heavy (non-hydrogen) atoms. The maximum absolute atomic E-state index is 12.4. The minimum absolute atomic E-state index is 0.0933. The van der Waals surface area contributed by atoms with Crippen molar-refractivity contribution in [2.45, 2.75) is 17.7 Å². The van der Waals surface area contributed by atoms with Gasteiger partial charge in [-0.05, 0) is 48.9 Å². The van der Waals surface area contributed by atoms with Gasteiger partial charge in [-0.15, -0.1) is 0 Å². The van der Waals surface area contributed by atoms with Crippen LogP contribution >= 0.6 is 0 Å². The monoisotopic (exact) mass is 342 g/mol. The van der Waals surface area contributed by atoms with Crippen molar-refractivity contribution in [1.29, 1.82) is 0 Å². The van der Waals surface area contributed by atoms with Crippen LogP contribution in [0.1, 0.15) is 23.2 Å². The molecule has 2 aromatic rings. The van der Waals surface area contributed by atoms with E-state index in [2.05, 4.69) is 5.32 Å². The van der Waals surface area contributed by atoms with E-state index in [9.17, 15) is 13.8 Å². The number of rotatable bonds is 4. The molecule has 2 aromatic carbocycles. The lowest BCUT2D eigenvalue weighted by atomic mass is 10.1. The van der Waals surface area contributed by atoms with Crippen LogP contribution in [0.15, 0.2) is 53.4 Å². The molecule has 0 aromatic heterocycles. The van der Waals surface area contributed by atoms with E-state index < -0.39 is 10.8 Å². The molecule has 2 amide bonds. The first-order chi connectivity index (χ1) is 11.5. The van der Waals surface area contributed by atoms with Gasteiger partial charge in [0.25, 0.3) is 5.91 Å². The Morgan fingerprint density at radius 2 is 1.92 bits per heavy atom. The maximum Gasteiger partial charge on any atom is 0.255 e. The van der Waals surface area contributed by atoms with Crippen molar-refractivity contribution in [3.63, 3.8) is 0 Å². The number of amides is 2. The van der Waals surface area contributed by atoms with Crippen molar-refractivity contribution >= 4 is 34.0 Å². The third-order valence-corrected chi connectivity index (χ3v) is 4.87. The largest absolute Gasteiger partial charge is 0.322 e. The van der Waals surface area contributed by atoms with Crippen LogP contribution in [0.2, 0.25) is 0 Å². The van der Waals surface area contributed by atoms with Gasteiger partial charge in [-0.1, -0.05) is 6.07 Å². The fourth-order valence-corrected chi connectivity index (χ4v) is 3.19. The van der Waals surface area contributed by atoms with Crippen molar-refractivity contribution in [2.24, 2.45) is 0 Å². The number of benzene rings is 2. The molecular weight excluding hydrogens is 324 g/mol. The predicted molar refractivity (Wildman–Crippen MR) is 94.8 cm³/mol. The van der Waals surface area contributed by atoms with E-state index in [4.69, 9.17) is 0 Å². The van der Waals surface area contributed by atoms with Gasteiger partial charge in [0.15, 0.2) is 0 Å². The molecule has 0 aliphatic carbocycles. The molecule has 0 radical (unpaired) electrons. The summed E-state index contributed by atoms with van der Waals surface area (Å²) in [4.78, 5) is 26.7. The summed E-state index contributed by atoms with van der Waals surface area (Å²) in [5, 5.41) is 2.81. The van der Waals surface area contributed by atoms with E-state index in [1.807, 2.05) is 6.07 Å². The second-order valence-electron chi connectivity index (χ2n) is 5.63. The van der Waals surface area contributed by atoms with Crippen LogP contribution in [-0.2, 0) is 15.6 Å². The van der Waals surface area contributed by atoms with Gasteiger partial charge in [0.05, 0.1) is 0 Å². The molecule has 124 valence electrons. The Morgan fingerprint density at radius 1 is 1.17 bits per heavy atom.